The van der Waals surface area contributed by atoms with Crippen LogP contribution in [0.5, 0.6) is 0 Å². The minimum absolute atomic E-state index is 0.155. The van der Waals surface area contributed by atoms with Crippen molar-refractivity contribution >= 4 is 28.9 Å². The summed E-state index contributed by atoms with van der Waals surface area (Å²) < 4.78 is 5.44. The van der Waals surface area contributed by atoms with Gasteiger partial charge in [0.2, 0.25) is 0 Å². The second-order valence-electron chi connectivity index (χ2n) is 6.33. The van der Waals surface area contributed by atoms with Gasteiger partial charge in [0, 0.05) is 17.1 Å². The molecule has 0 N–H and O–H groups in total. The molecule has 0 saturated heterocycles. The van der Waals surface area contributed by atoms with Crippen LogP contribution < -0.4 is 4.90 Å². The predicted molar refractivity (Wildman–Crippen MR) is 93.7 cm³/mol. The summed E-state index contributed by atoms with van der Waals surface area (Å²) in [6, 6.07) is 9.81. The molecule has 0 saturated carbocycles. The second-order valence-corrected chi connectivity index (χ2v) is 7.47. The zero-order valence-corrected chi connectivity index (χ0v) is 14.4. The molecule has 2 aromatic rings. The Balaban J connectivity index is 1.45. The lowest BCUT2D eigenvalue weighted by molar-refractivity contribution is -0.126. The van der Waals surface area contributed by atoms with Gasteiger partial charge in [-0.25, -0.2) is 4.79 Å². The van der Waals surface area contributed by atoms with Crippen LogP contribution in [0.3, 0.4) is 0 Å². The first-order chi connectivity index (χ1) is 11.6. The van der Waals surface area contributed by atoms with Crippen molar-refractivity contribution in [1.82, 2.24) is 0 Å². The first kappa shape index (κ1) is 15.4. The molecular weight excluding hydrogens is 322 g/mol. The van der Waals surface area contributed by atoms with Crippen molar-refractivity contribution in [3.63, 3.8) is 0 Å². The fourth-order valence-electron chi connectivity index (χ4n) is 3.49. The van der Waals surface area contributed by atoms with Crippen molar-refractivity contribution in [2.75, 3.05) is 11.4 Å². The van der Waals surface area contributed by atoms with Crippen LogP contribution in [0.25, 0.3) is 0 Å². The zero-order valence-electron chi connectivity index (χ0n) is 13.6. The minimum Gasteiger partial charge on any atom is -0.448 e. The van der Waals surface area contributed by atoms with Gasteiger partial charge in [0.15, 0.2) is 6.10 Å². The van der Waals surface area contributed by atoms with E-state index in [9.17, 15) is 9.59 Å². The van der Waals surface area contributed by atoms with Crippen LogP contribution >= 0.6 is 11.3 Å². The molecule has 2 aliphatic rings. The largest absolute Gasteiger partial charge is 0.448 e. The maximum atomic E-state index is 12.7. The number of fused-ring (bicyclic) bond motifs is 2. The van der Waals surface area contributed by atoms with Gasteiger partial charge in [-0.05, 0) is 55.9 Å². The number of aryl methyl sites for hydroxylation is 2. The normalized spacial score (nSPS) is 16.6. The average Bonchev–Trinajstić information content (AvgIpc) is 3.27. The van der Waals surface area contributed by atoms with Gasteiger partial charge in [-0.15, -0.1) is 11.3 Å². The fraction of sp³-hybridized carbons (Fsp3) is 0.368. The van der Waals surface area contributed by atoms with Crippen molar-refractivity contribution in [2.45, 2.75) is 38.7 Å². The van der Waals surface area contributed by atoms with Gasteiger partial charge in [-0.1, -0.05) is 18.2 Å². The summed E-state index contributed by atoms with van der Waals surface area (Å²) in [5.41, 5.74) is 3.36. The topological polar surface area (TPSA) is 46.6 Å². The molecule has 1 unspecified atom stereocenters. The first-order valence-electron chi connectivity index (χ1n) is 8.35. The Hall–Kier alpha value is -2.14. The Labute approximate surface area is 145 Å². The van der Waals surface area contributed by atoms with E-state index < -0.39 is 6.10 Å². The maximum absolute atomic E-state index is 12.7. The Morgan fingerprint density at radius 2 is 2.00 bits per heavy atom. The van der Waals surface area contributed by atoms with E-state index in [1.807, 2.05) is 30.3 Å². The molecule has 1 aliphatic heterocycles. The van der Waals surface area contributed by atoms with Crippen molar-refractivity contribution in [3.05, 3.63) is 51.2 Å². The van der Waals surface area contributed by atoms with E-state index in [4.69, 9.17) is 4.74 Å². The van der Waals surface area contributed by atoms with Crippen LogP contribution in [0.15, 0.2) is 30.3 Å². The Morgan fingerprint density at radius 1 is 1.17 bits per heavy atom. The zero-order chi connectivity index (χ0) is 16.7. The summed E-state index contributed by atoms with van der Waals surface area (Å²) in [6.45, 7) is 2.30. The number of hydrogen-bond donors (Lipinski definition) is 0. The summed E-state index contributed by atoms with van der Waals surface area (Å²) in [6.07, 6.45) is 3.32. The van der Waals surface area contributed by atoms with Crippen molar-refractivity contribution in [2.24, 2.45) is 0 Å². The Morgan fingerprint density at radius 3 is 2.83 bits per heavy atom. The summed E-state index contributed by atoms with van der Waals surface area (Å²) in [7, 11) is 0. The number of hydrogen-bond acceptors (Lipinski definition) is 4. The highest BCUT2D eigenvalue weighted by Crippen LogP contribution is 2.32. The van der Waals surface area contributed by atoms with Gasteiger partial charge in [0.05, 0.1) is 0 Å². The third-order valence-corrected chi connectivity index (χ3v) is 5.95. The van der Waals surface area contributed by atoms with Crippen LogP contribution in [0, 0.1) is 0 Å². The lowest BCUT2D eigenvalue weighted by Gasteiger charge is -2.21. The summed E-state index contributed by atoms with van der Waals surface area (Å²) >= 11 is 1.51. The molecule has 4 rings (SSSR count). The highest BCUT2D eigenvalue weighted by molar-refractivity contribution is 7.14. The highest BCUT2D eigenvalue weighted by atomic mass is 32.1. The van der Waals surface area contributed by atoms with E-state index in [2.05, 4.69) is 0 Å². The summed E-state index contributed by atoms with van der Waals surface area (Å²) in [5, 5.41) is 0. The van der Waals surface area contributed by atoms with Gasteiger partial charge in [-0.3, -0.25) is 4.79 Å². The fourth-order valence-corrected chi connectivity index (χ4v) is 4.62. The average molecular weight is 341 g/mol. The first-order valence-corrected chi connectivity index (χ1v) is 9.17. The van der Waals surface area contributed by atoms with Crippen LogP contribution in [-0.4, -0.2) is 24.5 Å². The lowest BCUT2D eigenvalue weighted by Crippen LogP contribution is -2.39. The predicted octanol–water partition coefficient (Wildman–Crippen LogP) is 3.37. The Bertz CT molecular complexity index is 789. The molecule has 4 nitrogen and oxygen atoms in total. The van der Waals surface area contributed by atoms with Crippen molar-refractivity contribution < 1.29 is 14.3 Å². The van der Waals surface area contributed by atoms with Gasteiger partial charge < -0.3 is 9.64 Å². The maximum Gasteiger partial charge on any atom is 0.349 e. The minimum atomic E-state index is -0.777. The summed E-state index contributed by atoms with van der Waals surface area (Å²) in [4.78, 5) is 28.6. The molecule has 1 aromatic heterocycles. The van der Waals surface area contributed by atoms with E-state index in [1.165, 1.54) is 33.8 Å². The molecule has 2 heterocycles. The number of para-hydroxylation sites is 1. The van der Waals surface area contributed by atoms with Crippen LogP contribution in [0.2, 0.25) is 0 Å². The number of ether oxygens (including phenoxy) is 1. The van der Waals surface area contributed by atoms with E-state index in [0.29, 0.717) is 11.4 Å². The smallest absolute Gasteiger partial charge is 0.349 e. The number of rotatable bonds is 3. The number of benzene rings is 1. The quantitative estimate of drug-likeness (QED) is 0.804. The number of carbonyl (C=O) groups excluding carboxylic acids is 2. The standard InChI is InChI=1S/C19H19NO3S/c1-12(18(21)20-10-9-13-5-2-3-7-15(13)20)23-19(22)17-11-14-6-4-8-16(14)24-17/h2-3,5,7,11-12H,4,6,8-10H2,1H3. The highest BCUT2D eigenvalue weighted by Gasteiger charge is 2.30. The molecule has 1 aliphatic carbocycles. The van der Waals surface area contributed by atoms with Crippen molar-refractivity contribution in [3.8, 4) is 0 Å². The van der Waals surface area contributed by atoms with Crippen LogP contribution in [-0.2, 0) is 28.8 Å². The number of amides is 1. The molecule has 0 fully saturated rings. The van der Waals surface area contributed by atoms with Crippen molar-refractivity contribution in [1.29, 1.82) is 0 Å². The van der Waals surface area contributed by atoms with Crippen LogP contribution in [0.4, 0.5) is 5.69 Å². The van der Waals surface area contributed by atoms with E-state index >= 15 is 0 Å². The number of anilines is 1. The molecule has 0 spiro atoms. The van der Waals surface area contributed by atoms with E-state index in [1.54, 1.807) is 11.8 Å². The molecule has 24 heavy (non-hydrogen) atoms. The summed E-state index contributed by atoms with van der Waals surface area (Å²) in [5.74, 6) is -0.542. The monoisotopic (exact) mass is 341 g/mol. The molecule has 0 radical (unpaired) electrons. The third kappa shape index (κ3) is 2.63. The molecule has 5 heteroatoms. The number of nitrogens with zero attached hydrogens (tertiary/aromatic N) is 1. The molecular formula is C19H19NO3S. The second kappa shape index (κ2) is 6.06. The molecule has 1 amide bonds. The van der Waals surface area contributed by atoms with Gasteiger partial charge >= 0.3 is 5.97 Å². The molecule has 124 valence electrons. The third-order valence-electron chi connectivity index (χ3n) is 4.73. The molecule has 0 bridgehead atoms. The van der Waals surface area contributed by atoms with Gasteiger partial charge in [-0.2, -0.15) is 0 Å². The van der Waals surface area contributed by atoms with E-state index in [0.717, 1.165) is 24.9 Å². The SMILES string of the molecule is CC(OC(=O)c1cc2c(s1)CCC2)C(=O)N1CCc2ccccc21. The van der Waals surface area contributed by atoms with Gasteiger partial charge in [0.25, 0.3) is 5.91 Å². The van der Waals surface area contributed by atoms with E-state index in [-0.39, 0.29) is 11.9 Å². The lowest BCUT2D eigenvalue weighted by atomic mass is 10.2. The molecule has 1 atom stereocenters. The number of thiophene rings is 1. The molecule has 1 aromatic carbocycles. The van der Waals surface area contributed by atoms with Crippen LogP contribution in [0.1, 0.15) is 39.0 Å². The number of esters is 1. The van der Waals surface area contributed by atoms with Gasteiger partial charge in [0.1, 0.15) is 4.88 Å². The number of carbonyl (C=O) groups is 2. The Kier molecular flexibility index (Phi) is 3.88.